The number of hydrogen-bond donors (Lipinski definition) is 1. The fourth-order valence-electron chi connectivity index (χ4n) is 1.40. The number of nitrogens with two attached hydrogens (primary N) is 1. The van der Waals surface area contributed by atoms with Crippen LogP contribution in [0.3, 0.4) is 0 Å². The monoisotopic (exact) mass is 206 g/mol. The van der Waals surface area contributed by atoms with Crippen molar-refractivity contribution >= 4 is 0 Å². The van der Waals surface area contributed by atoms with E-state index in [1.807, 2.05) is 0 Å². The van der Waals surface area contributed by atoms with Gasteiger partial charge in [-0.1, -0.05) is 18.2 Å². The molecule has 0 fully saturated rings. The van der Waals surface area contributed by atoms with Crippen molar-refractivity contribution in [1.82, 2.24) is 14.8 Å². The summed E-state index contributed by atoms with van der Waals surface area (Å²) in [7, 11) is 0. The second-order valence-electron chi connectivity index (χ2n) is 3.19. The van der Waals surface area contributed by atoms with Gasteiger partial charge in [0, 0.05) is 17.7 Å². The van der Waals surface area contributed by atoms with Gasteiger partial charge < -0.3 is 5.73 Å². The van der Waals surface area contributed by atoms with E-state index in [0.29, 0.717) is 17.7 Å². The molecule has 4 nitrogen and oxygen atoms in total. The first-order valence-corrected chi connectivity index (χ1v) is 4.60. The molecule has 1 aromatic heterocycles. The molecule has 2 aromatic rings. The van der Waals surface area contributed by atoms with Crippen LogP contribution in [0.15, 0.2) is 30.9 Å². The molecule has 2 N–H and O–H groups in total. The van der Waals surface area contributed by atoms with Crippen molar-refractivity contribution in [3.63, 3.8) is 0 Å². The van der Waals surface area contributed by atoms with E-state index in [-0.39, 0.29) is 12.4 Å². The predicted octanol–water partition coefficient (Wildman–Crippen LogP) is 0.924. The van der Waals surface area contributed by atoms with Crippen LogP contribution in [0.5, 0.6) is 0 Å². The number of halogens is 1. The first kappa shape index (κ1) is 9.79. The molecule has 78 valence electrons. The van der Waals surface area contributed by atoms with Crippen molar-refractivity contribution in [3.8, 4) is 0 Å². The van der Waals surface area contributed by atoms with Gasteiger partial charge in [-0.05, 0) is 0 Å². The molecule has 0 saturated carbocycles. The maximum Gasteiger partial charge on any atom is 0.137 e. The van der Waals surface area contributed by atoms with E-state index in [1.165, 1.54) is 6.33 Å². The average molecular weight is 206 g/mol. The summed E-state index contributed by atoms with van der Waals surface area (Å²) in [5.41, 5.74) is 6.51. The van der Waals surface area contributed by atoms with Crippen LogP contribution >= 0.6 is 0 Å². The van der Waals surface area contributed by atoms with E-state index in [9.17, 15) is 4.39 Å². The summed E-state index contributed by atoms with van der Waals surface area (Å²) in [6.07, 6.45) is 2.97. The molecule has 0 amide bonds. The predicted molar refractivity (Wildman–Crippen MR) is 53.4 cm³/mol. The second kappa shape index (κ2) is 4.18. The summed E-state index contributed by atoms with van der Waals surface area (Å²) in [5.74, 6) is -0.254. The van der Waals surface area contributed by atoms with Crippen molar-refractivity contribution in [2.24, 2.45) is 5.73 Å². The van der Waals surface area contributed by atoms with Gasteiger partial charge in [0.25, 0.3) is 0 Å². The van der Waals surface area contributed by atoms with Gasteiger partial charge in [-0.15, -0.1) is 0 Å². The lowest BCUT2D eigenvalue weighted by Crippen LogP contribution is -2.06. The third-order valence-electron chi connectivity index (χ3n) is 2.18. The minimum atomic E-state index is -0.254. The summed E-state index contributed by atoms with van der Waals surface area (Å²) >= 11 is 0. The Morgan fingerprint density at radius 2 is 2.13 bits per heavy atom. The molecular weight excluding hydrogens is 195 g/mol. The molecule has 0 unspecified atom stereocenters. The Morgan fingerprint density at radius 3 is 2.80 bits per heavy atom. The molecule has 15 heavy (non-hydrogen) atoms. The quantitative estimate of drug-likeness (QED) is 0.812. The average Bonchev–Trinajstić information content (AvgIpc) is 2.74. The van der Waals surface area contributed by atoms with Gasteiger partial charge in [0.2, 0.25) is 0 Å². The molecule has 0 atom stereocenters. The smallest absolute Gasteiger partial charge is 0.137 e. The Hall–Kier alpha value is -1.75. The number of nitrogens with zero attached hydrogens (tertiary/aromatic N) is 3. The van der Waals surface area contributed by atoms with Crippen LogP contribution < -0.4 is 5.73 Å². The van der Waals surface area contributed by atoms with E-state index >= 15 is 0 Å². The van der Waals surface area contributed by atoms with Crippen LogP contribution in [-0.2, 0) is 13.1 Å². The van der Waals surface area contributed by atoms with Crippen molar-refractivity contribution in [3.05, 3.63) is 47.8 Å². The standard InChI is InChI=1S/C10H11FN4/c11-10-8(4-12)2-1-3-9(10)5-15-7-13-6-14-15/h1-3,6-7H,4-5,12H2. The molecule has 2 rings (SSSR count). The number of aromatic nitrogens is 3. The summed E-state index contributed by atoms with van der Waals surface area (Å²) in [4.78, 5) is 3.80. The van der Waals surface area contributed by atoms with Crippen LogP contribution in [-0.4, -0.2) is 14.8 Å². The highest BCUT2D eigenvalue weighted by molar-refractivity contribution is 5.25. The van der Waals surface area contributed by atoms with Gasteiger partial charge >= 0.3 is 0 Å². The zero-order valence-corrected chi connectivity index (χ0v) is 8.10. The van der Waals surface area contributed by atoms with E-state index < -0.39 is 0 Å². The van der Waals surface area contributed by atoms with Gasteiger partial charge in [-0.3, -0.25) is 0 Å². The SMILES string of the molecule is NCc1cccc(Cn2cncn2)c1F. The third-order valence-corrected chi connectivity index (χ3v) is 2.18. The minimum absolute atomic E-state index is 0.205. The van der Waals surface area contributed by atoms with Gasteiger partial charge in [-0.2, -0.15) is 5.10 Å². The molecule has 0 aliphatic carbocycles. The van der Waals surface area contributed by atoms with E-state index in [2.05, 4.69) is 10.1 Å². The largest absolute Gasteiger partial charge is 0.326 e. The Labute approximate surface area is 86.6 Å². The highest BCUT2D eigenvalue weighted by atomic mass is 19.1. The summed E-state index contributed by atoms with van der Waals surface area (Å²) in [6, 6.07) is 5.19. The number of hydrogen-bond acceptors (Lipinski definition) is 3. The molecule has 0 spiro atoms. The van der Waals surface area contributed by atoms with Gasteiger partial charge in [0.15, 0.2) is 0 Å². The maximum absolute atomic E-state index is 13.7. The Morgan fingerprint density at radius 1 is 1.33 bits per heavy atom. The molecule has 1 heterocycles. The van der Waals surface area contributed by atoms with Crippen molar-refractivity contribution in [2.75, 3.05) is 0 Å². The molecule has 0 bridgehead atoms. The molecule has 0 aliphatic heterocycles. The molecule has 0 radical (unpaired) electrons. The molecule has 0 saturated heterocycles. The lowest BCUT2D eigenvalue weighted by molar-refractivity contribution is 0.572. The van der Waals surface area contributed by atoms with Crippen molar-refractivity contribution in [2.45, 2.75) is 13.1 Å². The molecular formula is C10H11FN4. The van der Waals surface area contributed by atoms with Crippen LogP contribution in [0.2, 0.25) is 0 Å². The maximum atomic E-state index is 13.7. The van der Waals surface area contributed by atoms with E-state index in [0.717, 1.165) is 0 Å². The lowest BCUT2D eigenvalue weighted by Gasteiger charge is -2.06. The second-order valence-corrected chi connectivity index (χ2v) is 3.19. The normalized spacial score (nSPS) is 10.5. The fraction of sp³-hybridized carbons (Fsp3) is 0.200. The minimum Gasteiger partial charge on any atom is -0.326 e. The molecule has 1 aromatic carbocycles. The van der Waals surface area contributed by atoms with Crippen LogP contribution in [0.1, 0.15) is 11.1 Å². The van der Waals surface area contributed by atoms with Crippen LogP contribution in [0.4, 0.5) is 4.39 Å². The zero-order chi connectivity index (χ0) is 10.7. The third kappa shape index (κ3) is 2.02. The molecule has 5 heteroatoms. The Bertz CT molecular complexity index is 439. The molecule has 0 aliphatic rings. The van der Waals surface area contributed by atoms with Crippen LogP contribution in [0.25, 0.3) is 0 Å². The van der Waals surface area contributed by atoms with Gasteiger partial charge in [0.1, 0.15) is 18.5 Å². The van der Waals surface area contributed by atoms with Gasteiger partial charge in [-0.25, -0.2) is 14.1 Å². The Kier molecular flexibility index (Phi) is 2.73. The van der Waals surface area contributed by atoms with Crippen molar-refractivity contribution in [1.29, 1.82) is 0 Å². The number of benzene rings is 1. The zero-order valence-electron chi connectivity index (χ0n) is 8.10. The Balaban J connectivity index is 2.29. The highest BCUT2D eigenvalue weighted by Gasteiger charge is 2.07. The highest BCUT2D eigenvalue weighted by Crippen LogP contribution is 2.13. The summed E-state index contributed by atoms with van der Waals surface area (Å²) in [5, 5.41) is 3.92. The van der Waals surface area contributed by atoms with Crippen molar-refractivity contribution < 1.29 is 4.39 Å². The van der Waals surface area contributed by atoms with E-state index in [1.54, 1.807) is 29.2 Å². The first-order chi connectivity index (χ1) is 7.31. The van der Waals surface area contributed by atoms with Gasteiger partial charge in [0.05, 0.1) is 6.54 Å². The summed E-state index contributed by atoms with van der Waals surface area (Å²) in [6.45, 7) is 0.580. The summed E-state index contributed by atoms with van der Waals surface area (Å²) < 4.78 is 15.3. The van der Waals surface area contributed by atoms with E-state index in [4.69, 9.17) is 5.73 Å². The number of rotatable bonds is 3. The first-order valence-electron chi connectivity index (χ1n) is 4.60. The lowest BCUT2D eigenvalue weighted by atomic mass is 10.1. The fourth-order valence-corrected chi connectivity index (χ4v) is 1.40. The van der Waals surface area contributed by atoms with Crippen LogP contribution in [0, 0.1) is 5.82 Å². The topological polar surface area (TPSA) is 56.7 Å².